The Labute approximate surface area is 168 Å². The highest BCUT2D eigenvalue weighted by Crippen LogP contribution is 2.38. The monoisotopic (exact) mass is 391 g/mol. The van der Waals surface area contributed by atoms with Crippen molar-refractivity contribution in [3.05, 3.63) is 93.3 Å². The second-order valence-electron chi connectivity index (χ2n) is 7.37. The summed E-state index contributed by atoms with van der Waals surface area (Å²) in [5.41, 5.74) is 4.07. The Balaban J connectivity index is 1.56. The summed E-state index contributed by atoms with van der Waals surface area (Å²) >= 11 is 0. The molecule has 3 heterocycles. The number of nitro benzene ring substituents is 1. The largest absolute Gasteiger partial charge is 0.467 e. The smallest absolute Gasteiger partial charge is 0.270 e. The minimum Gasteiger partial charge on any atom is -0.467 e. The van der Waals surface area contributed by atoms with Crippen LogP contribution >= 0.6 is 0 Å². The average molecular weight is 391 g/mol. The number of benzene rings is 2. The Morgan fingerprint density at radius 1 is 1.10 bits per heavy atom. The summed E-state index contributed by atoms with van der Waals surface area (Å²) in [6, 6.07) is 17.9. The van der Waals surface area contributed by atoms with Crippen LogP contribution < -0.4 is 4.74 Å². The molecule has 2 aromatic carbocycles. The number of non-ortho nitro benzene ring substituents is 1. The van der Waals surface area contributed by atoms with Crippen molar-refractivity contribution in [2.45, 2.75) is 25.7 Å². The maximum absolute atomic E-state index is 11.5. The van der Waals surface area contributed by atoms with E-state index in [-0.39, 0.29) is 23.4 Å². The van der Waals surface area contributed by atoms with Gasteiger partial charge in [0.15, 0.2) is 6.79 Å². The van der Waals surface area contributed by atoms with Crippen molar-refractivity contribution in [1.82, 2.24) is 9.47 Å². The van der Waals surface area contributed by atoms with Crippen LogP contribution in [0.25, 0.3) is 0 Å². The fourth-order valence-electron chi connectivity index (χ4n) is 4.34. The number of rotatable bonds is 4. The lowest BCUT2D eigenvalue weighted by molar-refractivity contribution is -0.385. The van der Waals surface area contributed by atoms with Crippen LogP contribution in [0.2, 0.25) is 0 Å². The van der Waals surface area contributed by atoms with E-state index >= 15 is 0 Å². The average Bonchev–Trinajstić information content (AvgIpc) is 3.23. The first kappa shape index (κ1) is 17.9. The minimum absolute atomic E-state index is 0.0736. The third-order valence-corrected chi connectivity index (χ3v) is 5.61. The van der Waals surface area contributed by atoms with E-state index in [4.69, 9.17) is 9.47 Å². The van der Waals surface area contributed by atoms with Gasteiger partial charge in [-0.25, -0.2) is 0 Å². The molecule has 148 valence electrons. The van der Waals surface area contributed by atoms with Crippen molar-refractivity contribution in [3.63, 3.8) is 0 Å². The second kappa shape index (κ2) is 7.35. The maximum Gasteiger partial charge on any atom is 0.270 e. The highest BCUT2D eigenvalue weighted by Gasteiger charge is 2.31. The van der Waals surface area contributed by atoms with Gasteiger partial charge in [0, 0.05) is 54.8 Å². The topological polar surface area (TPSA) is 69.8 Å². The molecule has 0 amide bonds. The SMILES string of the molecule is O=[N+]([O-])c1cc2c(c(CN3CCn4cccc4[C@@H]3c3ccccc3)c1)OCOC2. The van der Waals surface area contributed by atoms with Crippen molar-refractivity contribution in [1.29, 1.82) is 0 Å². The lowest BCUT2D eigenvalue weighted by Gasteiger charge is -2.38. The van der Waals surface area contributed by atoms with Crippen LogP contribution in [0.3, 0.4) is 0 Å². The van der Waals surface area contributed by atoms with Crippen molar-refractivity contribution in [3.8, 4) is 5.75 Å². The van der Waals surface area contributed by atoms with Gasteiger partial charge >= 0.3 is 0 Å². The van der Waals surface area contributed by atoms with Crippen LogP contribution in [0.5, 0.6) is 5.75 Å². The number of fused-ring (bicyclic) bond motifs is 2. The molecule has 3 aromatic rings. The number of hydrogen-bond acceptors (Lipinski definition) is 5. The van der Waals surface area contributed by atoms with Crippen LogP contribution in [-0.4, -0.2) is 27.7 Å². The van der Waals surface area contributed by atoms with E-state index in [2.05, 4.69) is 39.9 Å². The Kier molecular flexibility index (Phi) is 4.54. The minimum atomic E-state index is -0.353. The van der Waals surface area contributed by atoms with Crippen LogP contribution in [-0.2, 0) is 24.4 Å². The molecular formula is C22H21N3O4. The van der Waals surface area contributed by atoms with Gasteiger partial charge in [0.1, 0.15) is 5.75 Å². The number of aromatic nitrogens is 1. The summed E-state index contributed by atoms with van der Waals surface area (Å²) < 4.78 is 13.4. The normalized spacial score (nSPS) is 18.6. The molecule has 0 N–H and O–H groups in total. The summed E-state index contributed by atoms with van der Waals surface area (Å²) in [6.45, 7) is 2.79. The van der Waals surface area contributed by atoms with E-state index in [1.165, 1.54) is 11.3 Å². The molecule has 5 rings (SSSR count). The van der Waals surface area contributed by atoms with Gasteiger partial charge in [0.05, 0.1) is 17.6 Å². The van der Waals surface area contributed by atoms with Gasteiger partial charge in [-0.15, -0.1) is 0 Å². The summed E-state index contributed by atoms with van der Waals surface area (Å²) in [5, 5.41) is 11.5. The molecule has 0 radical (unpaired) electrons. The van der Waals surface area contributed by atoms with Gasteiger partial charge in [-0.2, -0.15) is 0 Å². The quantitative estimate of drug-likeness (QED) is 0.499. The first-order chi connectivity index (χ1) is 14.2. The highest BCUT2D eigenvalue weighted by molar-refractivity contribution is 5.50. The predicted molar refractivity (Wildman–Crippen MR) is 107 cm³/mol. The number of ether oxygens (including phenoxy) is 2. The maximum atomic E-state index is 11.5. The van der Waals surface area contributed by atoms with Gasteiger partial charge in [0.25, 0.3) is 5.69 Å². The summed E-state index contributed by atoms with van der Waals surface area (Å²) in [4.78, 5) is 13.5. The van der Waals surface area contributed by atoms with Gasteiger partial charge in [-0.1, -0.05) is 30.3 Å². The van der Waals surface area contributed by atoms with E-state index in [0.29, 0.717) is 13.2 Å². The molecule has 7 nitrogen and oxygen atoms in total. The fraction of sp³-hybridized carbons (Fsp3) is 0.273. The molecule has 1 atom stereocenters. The van der Waals surface area contributed by atoms with Gasteiger partial charge in [0.2, 0.25) is 0 Å². The molecule has 0 unspecified atom stereocenters. The first-order valence-corrected chi connectivity index (χ1v) is 9.65. The molecule has 0 fully saturated rings. The van der Waals surface area contributed by atoms with Crippen molar-refractivity contribution < 1.29 is 14.4 Å². The Morgan fingerprint density at radius 2 is 1.97 bits per heavy atom. The van der Waals surface area contributed by atoms with Gasteiger partial charge in [-0.3, -0.25) is 15.0 Å². The lowest BCUT2D eigenvalue weighted by atomic mass is 9.98. The Bertz CT molecular complexity index is 1050. The molecule has 0 bridgehead atoms. The summed E-state index contributed by atoms with van der Waals surface area (Å²) in [7, 11) is 0. The highest BCUT2D eigenvalue weighted by atomic mass is 16.7. The molecule has 29 heavy (non-hydrogen) atoms. The molecular weight excluding hydrogens is 370 g/mol. The van der Waals surface area contributed by atoms with E-state index in [1.807, 2.05) is 18.2 Å². The van der Waals surface area contributed by atoms with E-state index in [0.717, 1.165) is 30.0 Å². The standard InChI is InChI=1S/C22H21N3O4/c26-25(27)19-11-17(22-18(12-19)14-28-15-29-22)13-24-10-9-23-8-4-7-20(23)21(24)16-5-2-1-3-6-16/h1-8,11-12,21H,9-10,13-15H2/t21-/m0/s1. The number of nitro groups is 1. The fourth-order valence-corrected chi connectivity index (χ4v) is 4.34. The molecule has 0 saturated carbocycles. The zero-order valence-corrected chi connectivity index (χ0v) is 15.9. The number of nitrogens with zero attached hydrogens (tertiary/aromatic N) is 3. The second-order valence-corrected chi connectivity index (χ2v) is 7.37. The molecule has 0 spiro atoms. The zero-order valence-electron chi connectivity index (χ0n) is 15.9. The molecule has 0 aliphatic carbocycles. The van der Waals surface area contributed by atoms with Gasteiger partial charge < -0.3 is 14.0 Å². The predicted octanol–water partition coefficient (Wildman–Crippen LogP) is 3.87. The number of hydrogen-bond donors (Lipinski definition) is 0. The van der Waals surface area contributed by atoms with Crippen LogP contribution in [0, 0.1) is 10.1 Å². The van der Waals surface area contributed by atoms with Crippen LogP contribution in [0.4, 0.5) is 5.69 Å². The van der Waals surface area contributed by atoms with E-state index in [9.17, 15) is 10.1 Å². The molecule has 2 aliphatic heterocycles. The van der Waals surface area contributed by atoms with Crippen LogP contribution in [0.1, 0.15) is 28.4 Å². The van der Waals surface area contributed by atoms with E-state index in [1.54, 1.807) is 12.1 Å². The third kappa shape index (κ3) is 3.28. The van der Waals surface area contributed by atoms with Crippen molar-refractivity contribution in [2.75, 3.05) is 13.3 Å². The molecule has 2 aliphatic rings. The Hall–Kier alpha value is -3.16. The Morgan fingerprint density at radius 3 is 2.79 bits per heavy atom. The van der Waals surface area contributed by atoms with Crippen molar-refractivity contribution in [2.24, 2.45) is 0 Å². The first-order valence-electron chi connectivity index (χ1n) is 9.65. The molecule has 7 heteroatoms. The molecule has 1 aromatic heterocycles. The third-order valence-electron chi connectivity index (χ3n) is 5.61. The van der Waals surface area contributed by atoms with Crippen LogP contribution in [0.15, 0.2) is 60.8 Å². The van der Waals surface area contributed by atoms with E-state index < -0.39 is 0 Å². The summed E-state index contributed by atoms with van der Waals surface area (Å²) in [5.74, 6) is 0.717. The lowest BCUT2D eigenvalue weighted by Crippen LogP contribution is -2.38. The van der Waals surface area contributed by atoms with Gasteiger partial charge in [-0.05, 0) is 17.7 Å². The zero-order chi connectivity index (χ0) is 19.8. The molecule has 0 saturated heterocycles. The van der Waals surface area contributed by atoms with Crippen molar-refractivity contribution >= 4 is 5.69 Å². The summed E-state index contributed by atoms with van der Waals surface area (Å²) in [6.07, 6.45) is 2.11.